The fourth-order valence-electron chi connectivity index (χ4n) is 4.29. The number of nitrogens with one attached hydrogen (secondary N) is 2. The van der Waals surface area contributed by atoms with Gasteiger partial charge in [0.2, 0.25) is 5.91 Å². The topological polar surface area (TPSA) is 143 Å². The van der Waals surface area contributed by atoms with Crippen LogP contribution >= 0.6 is 0 Å². The van der Waals surface area contributed by atoms with Crippen LogP contribution in [0.3, 0.4) is 0 Å². The number of amides is 2. The Morgan fingerprint density at radius 3 is 2.23 bits per heavy atom. The summed E-state index contributed by atoms with van der Waals surface area (Å²) in [7, 11) is 1.65. The van der Waals surface area contributed by atoms with Crippen molar-refractivity contribution < 1.29 is 29.3 Å². The molecule has 1 aliphatic carbocycles. The molecule has 182 valence electrons. The van der Waals surface area contributed by atoms with E-state index in [9.17, 15) is 19.5 Å². The molecule has 2 amide bonds. The van der Waals surface area contributed by atoms with Crippen LogP contribution in [0, 0.1) is 0 Å². The summed E-state index contributed by atoms with van der Waals surface area (Å²) in [6, 6.07) is 13.3. The maximum atomic E-state index is 12.9. The van der Waals surface area contributed by atoms with Crippen LogP contribution in [0.2, 0.25) is 0 Å². The number of hydrogen-bond acceptors (Lipinski definition) is 6. The normalized spacial score (nSPS) is 13.9. The minimum Gasteiger partial charge on any atom is -0.480 e. The molecule has 4 rings (SSSR count). The first-order valence-electron chi connectivity index (χ1n) is 11.1. The minimum absolute atomic E-state index is 0.0590. The lowest BCUT2D eigenvalue weighted by molar-refractivity contribution is -0.142. The van der Waals surface area contributed by atoms with E-state index >= 15 is 0 Å². The lowest BCUT2D eigenvalue weighted by Gasteiger charge is -2.21. The first-order chi connectivity index (χ1) is 16.9. The Labute approximate surface area is 201 Å². The van der Waals surface area contributed by atoms with Gasteiger partial charge in [-0.2, -0.15) is 5.10 Å². The Morgan fingerprint density at radius 2 is 1.69 bits per heavy atom. The van der Waals surface area contributed by atoms with Crippen molar-refractivity contribution in [1.82, 2.24) is 20.4 Å². The van der Waals surface area contributed by atoms with E-state index in [1.807, 2.05) is 48.5 Å². The number of aryl methyl sites for hydroxylation is 1. The fraction of sp³-hybridized carbons (Fsp3) is 0.280. The molecule has 2 atom stereocenters. The number of carboxylic acids is 1. The summed E-state index contributed by atoms with van der Waals surface area (Å²) in [4.78, 5) is 37.1. The number of aliphatic hydroxyl groups is 1. The van der Waals surface area contributed by atoms with Gasteiger partial charge in [-0.3, -0.25) is 9.48 Å². The third-order valence-electron chi connectivity index (χ3n) is 5.96. The Bertz CT molecular complexity index is 1190. The van der Waals surface area contributed by atoms with Gasteiger partial charge in [-0.15, -0.1) is 0 Å². The molecule has 0 saturated carbocycles. The highest BCUT2D eigenvalue weighted by Crippen LogP contribution is 2.44. The van der Waals surface area contributed by atoms with E-state index in [0.29, 0.717) is 5.56 Å². The number of alkyl carbamates (subject to hydrolysis) is 1. The van der Waals surface area contributed by atoms with Crippen molar-refractivity contribution in [3.63, 3.8) is 0 Å². The third-order valence-corrected chi connectivity index (χ3v) is 5.96. The molecule has 4 N–H and O–H groups in total. The van der Waals surface area contributed by atoms with Gasteiger partial charge in [-0.1, -0.05) is 48.5 Å². The fourth-order valence-corrected chi connectivity index (χ4v) is 4.29. The highest BCUT2D eigenvalue weighted by molar-refractivity contribution is 5.90. The number of carboxylic acid groups (broad SMARTS) is 1. The van der Waals surface area contributed by atoms with Crippen LogP contribution in [0.15, 0.2) is 60.9 Å². The summed E-state index contributed by atoms with van der Waals surface area (Å²) in [5.74, 6) is -2.20. The van der Waals surface area contributed by atoms with Gasteiger partial charge in [0, 0.05) is 37.8 Å². The Balaban J connectivity index is 1.48. The van der Waals surface area contributed by atoms with Crippen LogP contribution < -0.4 is 10.6 Å². The molecule has 1 unspecified atom stereocenters. The molecule has 35 heavy (non-hydrogen) atoms. The molecule has 1 aromatic heterocycles. The summed E-state index contributed by atoms with van der Waals surface area (Å²) in [5.41, 5.74) is 4.64. The third kappa shape index (κ3) is 5.17. The number of carbonyl (C=O) groups excluding carboxylic acids is 2. The average molecular weight is 479 g/mol. The predicted octanol–water partition coefficient (Wildman–Crippen LogP) is 1.95. The number of aromatic nitrogens is 2. The second kappa shape index (κ2) is 10.4. The molecule has 10 heteroatoms. The zero-order chi connectivity index (χ0) is 24.9. The predicted molar refractivity (Wildman–Crippen MR) is 125 cm³/mol. The SMILES string of the molecule is Cn1cc(C(NC(=O)OCC2c3ccccc3-c3ccccc32)C(=O)N[C@H](CCO)C(=O)O)cn1. The van der Waals surface area contributed by atoms with Gasteiger partial charge in [0.15, 0.2) is 0 Å². The standard InChI is InChI=1S/C25H26N4O6/c1-29-13-15(12-26-29)22(23(31)27-21(10-11-30)24(32)33)28-25(34)35-14-20-18-8-4-2-6-16(18)17-7-3-5-9-19(17)20/h2-9,12-13,20-22,30H,10-11,14H2,1H3,(H,27,31)(H,28,34)(H,32,33)/t21-,22?/m1/s1. The van der Waals surface area contributed by atoms with E-state index in [1.54, 1.807) is 7.05 Å². The maximum Gasteiger partial charge on any atom is 0.408 e. The van der Waals surface area contributed by atoms with Crippen LogP contribution in [-0.4, -0.2) is 57.2 Å². The molecule has 10 nitrogen and oxygen atoms in total. The molecule has 1 aliphatic rings. The van der Waals surface area contributed by atoms with Crippen LogP contribution in [-0.2, 0) is 21.4 Å². The zero-order valence-corrected chi connectivity index (χ0v) is 19.0. The number of aliphatic hydroxyl groups excluding tert-OH is 1. The summed E-state index contributed by atoms with van der Waals surface area (Å²) in [6.07, 6.45) is 1.93. The van der Waals surface area contributed by atoms with Crippen LogP contribution in [0.5, 0.6) is 0 Å². The summed E-state index contributed by atoms with van der Waals surface area (Å²) < 4.78 is 6.99. The van der Waals surface area contributed by atoms with Gasteiger partial charge in [-0.05, 0) is 22.3 Å². The van der Waals surface area contributed by atoms with Gasteiger partial charge in [0.25, 0.3) is 0 Å². The molecule has 0 fully saturated rings. The smallest absolute Gasteiger partial charge is 0.408 e. The molecular formula is C25H26N4O6. The Hall–Kier alpha value is -4.18. The quantitative estimate of drug-likeness (QED) is 0.368. The Morgan fingerprint density at radius 1 is 1.06 bits per heavy atom. The van der Waals surface area contributed by atoms with E-state index in [1.165, 1.54) is 17.1 Å². The van der Waals surface area contributed by atoms with Crippen molar-refractivity contribution in [2.75, 3.05) is 13.2 Å². The number of aliphatic carboxylic acids is 1. The van der Waals surface area contributed by atoms with Gasteiger partial charge >= 0.3 is 12.1 Å². The van der Waals surface area contributed by atoms with Crippen molar-refractivity contribution in [3.05, 3.63) is 77.6 Å². The van der Waals surface area contributed by atoms with Crippen molar-refractivity contribution in [2.24, 2.45) is 7.05 Å². The molecule has 3 aromatic rings. The molecule has 2 aromatic carbocycles. The molecule has 0 radical (unpaired) electrons. The lowest BCUT2D eigenvalue weighted by Crippen LogP contribution is -2.47. The Kier molecular flexibility index (Phi) is 7.11. The van der Waals surface area contributed by atoms with E-state index in [0.717, 1.165) is 22.3 Å². The van der Waals surface area contributed by atoms with Crippen molar-refractivity contribution in [3.8, 4) is 11.1 Å². The second-order valence-corrected chi connectivity index (χ2v) is 8.26. The number of ether oxygens (including phenoxy) is 1. The number of benzene rings is 2. The largest absolute Gasteiger partial charge is 0.480 e. The molecule has 1 heterocycles. The zero-order valence-electron chi connectivity index (χ0n) is 19.0. The van der Waals surface area contributed by atoms with Gasteiger partial charge < -0.3 is 25.6 Å². The highest BCUT2D eigenvalue weighted by Gasteiger charge is 2.31. The summed E-state index contributed by atoms with van der Waals surface area (Å²) in [5, 5.41) is 27.3. The summed E-state index contributed by atoms with van der Waals surface area (Å²) >= 11 is 0. The van der Waals surface area contributed by atoms with Crippen LogP contribution in [0.25, 0.3) is 11.1 Å². The van der Waals surface area contributed by atoms with E-state index in [4.69, 9.17) is 9.84 Å². The molecule has 0 saturated heterocycles. The van der Waals surface area contributed by atoms with E-state index < -0.39 is 36.7 Å². The summed E-state index contributed by atoms with van der Waals surface area (Å²) in [6.45, 7) is -0.363. The first-order valence-corrected chi connectivity index (χ1v) is 11.1. The van der Waals surface area contributed by atoms with Crippen LogP contribution in [0.1, 0.15) is 35.1 Å². The number of nitrogens with zero attached hydrogens (tertiary/aromatic N) is 2. The van der Waals surface area contributed by atoms with E-state index in [-0.39, 0.29) is 18.9 Å². The number of rotatable bonds is 9. The van der Waals surface area contributed by atoms with E-state index in [2.05, 4.69) is 15.7 Å². The van der Waals surface area contributed by atoms with Crippen LogP contribution in [0.4, 0.5) is 4.79 Å². The monoisotopic (exact) mass is 478 g/mol. The van der Waals surface area contributed by atoms with Crippen molar-refractivity contribution in [1.29, 1.82) is 0 Å². The van der Waals surface area contributed by atoms with Crippen molar-refractivity contribution >= 4 is 18.0 Å². The van der Waals surface area contributed by atoms with Gasteiger partial charge in [-0.25, -0.2) is 9.59 Å². The highest BCUT2D eigenvalue weighted by atomic mass is 16.5. The molecule has 0 bridgehead atoms. The van der Waals surface area contributed by atoms with Gasteiger partial charge in [0.05, 0.1) is 6.20 Å². The number of hydrogen-bond donors (Lipinski definition) is 4. The lowest BCUT2D eigenvalue weighted by atomic mass is 9.98. The molecular weight excluding hydrogens is 452 g/mol. The van der Waals surface area contributed by atoms with Crippen molar-refractivity contribution in [2.45, 2.75) is 24.4 Å². The average Bonchev–Trinajstić information content (AvgIpc) is 3.42. The maximum absolute atomic E-state index is 12.9. The molecule has 0 spiro atoms. The van der Waals surface area contributed by atoms with Gasteiger partial charge in [0.1, 0.15) is 18.7 Å². The molecule has 0 aliphatic heterocycles. The number of carbonyl (C=O) groups is 3. The first kappa shape index (κ1) is 24.0. The minimum atomic E-state index is -1.31. The second-order valence-electron chi connectivity index (χ2n) is 8.26. The number of fused-ring (bicyclic) bond motifs is 3.